The SMILES string of the molecule is CN=C(NCCc1cccc(C(=O)NC)c1)NC1CCN(c2ccccc2OC)C1. The standard InChI is InChI=1S/C23H31N5O2/c1-24-22(29)18-8-6-7-17(15-18)11-13-26-23(25-2)27-19-12-14-28(16-19)20-9-4-5-10-21(20)30-3/h4-10,15,19H,11-14,16H2,1-3H3,(H,24,29)(H2,25,26,27). The number of carbonyl (C=O) groups excluding carboxylic acids is 1. The Kier molecular flexibility index (Phi) is 7.54. The summed E-state index contributed by atoms with van der Waals surface area (Å²) >= 11 is 0. The van der Waals surface area contributed by atoms with Crippen LogP contribution in [0.5, 0.6) is 5.75 Å². The molecule has 0 aromatic heterocycles. The van der Waals surface area contributed by atoms with Crippen LogP contribution >= 0.6 is 0 Å². The molecule has 30 heavy (non-hydrogen) atoms. The van der Waals surface area contributed by atoms with E-state index in [1.807, 2.05) is 42.5 Å². The molecule has 1 fully saturated rings. The van der Waals surface area contributed by atoms with E-state index in [1.54, 1.807) is 21.2 Å². The summed E-state index contributed by atoms with van der Waals surface area (Å²) in [5.41, 5.74) is 2.92. The van der Waals surface area contributed by atoms with Crippen molar-refractivity contribution in [3.05, 3.63) is 59.7 Å². The number of nitrogens with zero attached hydrogens (tertiary/aromatic N) is 2. The quantitative estimate of drug-likeness (QED) is 0.482. The molecular weight excluding hydrogens is 378 g/mol. The lowest BCUT2D eigenvalue weighted by molar-refractivity contribution is 0.0963. The van der Waals surface area contributed by atoms with Crippen molar-refractivity contribution in [2.24, 2.45) is 4.99 Å². The molecule has 1 atom stereocenters. The molecule has 1 unspecified atom stereocenters. The number of anilines is 1. The van der Waals surface area contributed by atoms with Gasteiger partial charge >= 0.3 is 0 Å². The van der Waals surface area contributed by atoms with Crippen LogP contribution in [0.3, 0.4) is 0 Å². The van der Waals surface area contributed by atoms with Crippen LogP contribution in [0, 0.1) is 0 Å². The zero-order valence-electron chi connectivity index (χ0n) is 17.9. The van der Waals surface area contributed by atoms with Crippen molar-refractivity contribution in [3.8, 4) is 5.75 Å². The first kappa shape index (κ1) is 21.5. The van der Waals surface area contributed by atoms with Gasteiger partial charge in [0.1, 0.15) is 5.75 Å². The fraction of sp³-hybridized carbons (Fsp3) is 0.391. The number of ether oxygens (including phenoxy) is 1. The normalized spacial score (nSPS) is 16.3. The maximum atomic E-state index is 11.8. The number of aliphatic imine (C=N–C) groups is 1. The lowest BCUT2D eigenvalue weighted by Gasteiger charge is -2.22. The number of hydrogen-bond acceptors (Lipinski definition) is 4. The van der Waals surface area contributed by atoms with Gasteiger partial charge in [-0.05, 0) is 42.7 Å². The molecule has 1 saturated heterocycles. The van der Waals surface area contributed by atoms with Gasteiger partial charge in [-0.1, -0.05) is 24.3 Å². The van der Waals surface area contributed by atoms with Crippen LogP contribution in [0.2, 0.25) is 0 Å². The lowest BCUT2D eigenvalue weighted by atomic mass is 10.1. The second-order valence-corrected chi connectivity index (χ2v) is 7.28. The van der Waals surface area contributed by atoms with E-state index in [2.05, 4.69) is 31.9 Å². The van der Waals surface area contributed by atoms with Gasteiger partial charge in [0.2, 0.25) is 0 Å². The number of guanidine groups is 1. The van der Waals surface area contributed by atoms with Gasteiger partial charge in [0, 0.05) is 45.3 Å². The molecule has 1 aliphatic rings. The molecule has 160 valence electrons. The zero-order chi connectivity index (χ0) is 21.3. The van der Waals surface area contributed by atoms with Crippen LogP contribution in [0.4, 0.5) is 5.69 Å². The highest BCUT2D eigenvalue weighted by Gasteiger charge is 2.25. The minimum absolute atomic E-state index is 0.0666. The van der Waals surface area contributed by atoms with Crippen molar-refractivity contribution >= 4 is 17.6 Å². The Morgan fingerprint density at radius 3 is 2.83 bits per heavy atom. The first-order chi connectivity index (χ1) is 14.6. The summed E-state index contributed by atoms with van der Waals surface area (Å²) in [7, 11) is 5.14. The van der Waals surface area contributed by atoms with Crippen LogP contribution in [0.15, 0.2) is 53.5 Å². The van der Waals surface area contributed by atoms with E-state index >= 15 is 0 Å². The molecule has 1 heterocycles. The summed E-state index contributed by atoms with van der Waals surface area (Å²) in [4.78, 5) is 18.5. The minimum Gasteiger partial charge on any atom is -0.495 e. The molecule has 0 radical (unpaired) electrons. The molecule has 0 aliphatic carbocycles. The number of methoxy groups -OCH3 is 1. The molecule has 0 bridgehead atoms. The van der Waals surface area contributed by atoms with Gasteiger partial charge in [0.05, 0.1) is 12.8 Å². The van der Waals surface area contributed by atoms with Crippen molar-refractivity contribution in [3.63, 3.8) is 0 Å². The Morgan fingerprint density at radius 2 is 2.07 bits per heavy atom. The summed E-state index contributed by atoms with van der Waals surface area (Å²) in [6.07, 6.45) is 1.84. The first-order valence-corrected chi connectivity index (χ1v) is 10.3. The molecule has 0 saturated carbocycles. The van der Waals surface area contributed by atoms with Gasteiger partial charge in [-0.2, -0.15) is 0 Å². The van der Waals surface area contributed by atoms with Gasteiger partial charge < -0.3 is 25.6 Å². The summed E-state index contributed by atoms with van der Waals surface area (Å²) < 4.78 is 5.50. The molecule has 1 amide bonds. The predicted octanol–water partition coefficient (Wildman–Crippen LogP) is 2.04. The van der Waals surface area contributed by atoms with Crippen molar-refractivity contribution < 1.29 is 9.53 Å². The average molecular weight is 410 g/mol. The molecular formula is C23H31N5O2. The maximum absolute atomic E-state index is 11.8. The summed E-state index contributed by atoms with van der Waals surface area (Å²) in [5, 5.41) is 9.56. The molecule has 3 rings (SSSR count). The van der Waals surface area contributed by atoms with Gasteiger partial charge in [-0.25, -0.2) is 0 Å². The maximum Gasteiger partial charge on any atom is 0.251 e. The lowest BCUT2D eigenvalue weighted by Crippen LogP contribution is -2.45. The van der Waals surface area contributed by atoms with Crippen molar-refractivity contribution in [2.45, 2.75) is 18.9 Å². The third-order valence-electron chi connectivity index (χ3n) is 5.30. The highest BCUT2D eigenvalue weighted by Crippen LogP contribution is 2.30. The van der Waals surface area contributed by atoms with Gasteiger partial charge in [0.15, 0.2) is 5.96 Å². The number of amides is 1. The predicted molar refractivity (Wildman–Crippen MR) is 122 cm³/mol. The van der Waals surface area contributed by atoms with Crippen molar-refractivity contribution in [1.29, 1.82) is 0 Å². The van der Waals surface area contributed by atoms with Crippen molar-refractivity contribution in [1.82, 2.24) is 16.0 Å². The summed E-state index contributed by atoms with van der Waals surface area (Å²) in [6.45, 7) is 2.61. The van der Waals surface area contributed by atoms with Crippen LogP contribution < -0.4 is 25.6 Å². The largest absolute Gasteiger partial charge is 0.495 e. The van der Waals surface area contributed by atoms with Gasteiger partial charge in [0.25, 0.3) is 5.91 Å². The average Bonchev–Trinajstić information content (AvgIpc) is 3.26. The third-order valence-corrected chi connectivity index (χ3v) is 5.30. The van der Waals surface area contributed by atoms with Crippen LogP contribution in [0.25, 0.3) is 0 Å². The van der Waals surface area contributed by atoms with Gasteiger partial charge in [-0.15, -0.1) is 0 Å². The van der Waals surface area contributed by atoms with E-state index in [0.717, 1.165) is 55.4 Å². The number of benzene rings is 2. The minimum atomic E-state index is -0.0666. The smallest absolute Gasteiger partial charge is 0.251 e. The highest BCUT2D eigenvalue weighted by atomic mass is 16.5. The Balaban J connectivity index is 1.49. The van der Waals surface area contributed by atoms with E-state index in [4.69, 9.17) is 4.74 Å². The molecule has 0 spiro atoms. The fourth-order valence-electron chi connectivity index (χ4n) is 3.71. The molecule has 7 heteroatoms. The Morgan fingerprint density at radius 1 is 1.23 bits per heavy atom. The Bertz CT molecular complexity index is 883. The summed E-state index contributed by atoms with van der Waals surface area (Å²) in [6, 6.07) is 16.1. The Labute approximate surface area is 178 Å². The number of hydrogen-bond donors (Lipinski definition) is 3. The van der Waals surface area contributed by atoms with Gasteiger partial charge in [-0.3, -0.25) is 9.79 Å². The van der Waals surface area contributed by atoms with E-state index in [9.17, 15) is 4.79 Å². The number of nitrogens with one attached hydrogen (secondary N) is 3. The molecule has 2 aromatic rings. The van der Waals surface area contributed by atoms with E-state index in [1.165, 1.54) is 0 Å². The zero-order valence-corrected chi connectivity index (χ0v) is 17.9. The molecule has 1 aliphatic heterocycles. The topological polar surface area (TPSA) is 78.0 Å². The van der Waals surface area contributed by atoms with E-state index in [-0.39, 0.29) is 5.91 Å². The molecule has 3 N–H and O–H groups in total. The first-order valence-electron chi connectivity index (χ1n) is 10.3. The Hall–Kier alpha value is -3.22. The fourth-order valence-corrected chi connectivity index (χ4v) is 3.71. The summed E-state index contributed by atoms with van der Waals surface area (Å²) in [5.74, 6) is 1.63. The number of rotatable bonds is 7. The number of para-hydroxylation sites is 2. The number of carbonyl (C=O) groups is 1. The second kappa shape index (κ2) is 10.5. The highest BCUT2D eigenvalue weighted by molar-refractivity contribution is 5.94. The second-order valence-electron chi connectivity index (χ2n) is 7.28. The van der Waals surface area contributed by atoms with Crippen LogP contribution in [0.1, 0.15) is 22.3 Å². The molecule has 7 nitrogen and oxygen atoms in total. The molecule has 2 aromatic carbocycles. The van der Waals surface area contributed by atoms with E-state index in [0.29, 0.717) is 11.6 Å². The monoisotopic (exact) mass is 409 g/mol. The van der Waals surface area contributed by atoms with Crippen LogP contribution in [-0.4, -0.2) is 58.7 Å². The third kappa shape index (κ3) is 5.43. The van der Waals surface area contributed by atoms with Crippen molar-refractivity contribution in [2.75, 3.05) is 45.7 Å². The van der Waals surface area contributed by atoms with Crippen LogP contribution in [-0.2, 0) is 6.42 Å². The van der Waals surface area contributed by atoms with E-state index < -0.39 is 0 Å².